The van der Waals surface area contributed by atoms with E-state index in [1.165, 1.54) is 49.3 Å². The molecule has 0 spiro atoms. The molecule has 0 saturated heterocycles. The molecule has 1 heterocycles. The highest BCUT2D eigenvalue weighted by Gasteiger charge is 2.27. The fourth-order valence-electron chi connectivity index (χ4n) is 2.94. The highest BCUT2D eigenvalue weighted by molar-refractivity contribution is 7.89. The Labute approximate surface area is 146 Å². The average Bonchev–Trinajstić information content (AvgIpc) is 2.61. The molecule has 25 heavy (non-hydrogen) atoms. The average molecular weight is 362 g/mol. The van der Waals surface area contributed by atoms with Gasteiger partial charge in [0.05, 0.1) is 10.6 Å². The summed E-state index contributed by atoms with van der Waals surface area (Å²) in [6.07, 6.45) is 1.49. The van der Waals surface area contributed by atoms with Crippen LogP contribution in [0.4, 0.5) is 10.1 Å². The third-order valence-electron chi connectivity index (χ3n) is 4.29. The third kappa shape index (κ3) is 3.17. The Morgan fingerprint density at radius 1 is 1.12 bits per heavy atom. The zero-order valence-electron chi connectivity index (χ0n) is 14.1. The largest absolute Gasteiger partial charge is 0.305 e. The zero-order valence-corrected chi connectivity index (χ0v) is 14.9. The van der Waals surface area contributed by atoms with Gasteiger partial charge in [0.1, 0.15) is 5.82 Å². The fraction of sp³-hybridized carbons (Fsp3) is 0.278. The molecule has 1 aliphatic rings. The van der Waals surface area contributed by atoms with E-state index in [1.807, 2.05) is 6.07 Å². The minimum atomic E-state index is -3.55. The van der Waals surface area contributed by atoms with E-state index in [0.717, 1.165) is 22.7 Å². The molecule has 2 aromatic carbocycles. The number of anilines is 1. The van der Waals surface area contributed by atoms with E-state index < -0.39 is 15.8 Å². The lowest BCUT2D eigenvalue weighted by molar-refractivity contribution is 0.0984. The van der Waals surface area contributed by atoms with Gasteiger partial charge in [0, 0.05) is 26.2 Å². The number of amides is 1. The highest BCUT2D eigenvalue weighted by atomic mass is 32.2. The summed E-state index contributed by atoms with van der Waals surface area (Å²) < 4.78 is 39.5. The van der Waals surface area contributed by atoms with Crippen molar-refractivity contribution in [3.63, 3.8) is 0 Å². The fourth-order valence-corrected chi connectivity index (χ4v) is 3.84. The van der Waals surface area contributed by atoms with Crippen LogP contribution in [0.2, 0.25) is 0 Å². The maximum atomic E-state index is 14.2. The van der Waals surface area contributed by atoms with Crippen molar-refractivity contribution in [3.8, 4) is 0 Å². The van der Waals surface area contributed by atoms with Crippen LogP contribution in [0.5, 0.6) is 0 Å². The molecule has 0 radical (unpaired) electrons. The molecule has 2 aromatic rings. The summed E-state index contributed by atoms with van der Waals surface area (Å²) in [4.78, 5) is 14.4. The van der Waals surface area contributed by atoms with Crippen molar-refractivity contribution in [1.82, 2.24) is 4.31 Å². The van der Waals surface area contributed by atoms with E-state index in [0.29, 0.717) is 17.8 Å². The minimum absolute atomic E-state index is 0.110. The monoisotopic (exact) mass is 362 g/mol. The van der Waals surface area contributed by atoms with Crippen LogP contribution in [0.15, 0.2) is 47.4 Å². The van der Waals surface area contributed by atoms with E-state index in [2.05, 4.69) is 0 Å². The van der Waals surface area contributed by atoms with Crippen LogP contribution >= 0.6 is 0 Å². The molecule has 0 bridgehead atoms. The molecule has 0 saturated carbocycles. The molecule has 1 aliphatic heterocycles. The van der Waals surface area contributed by atoms with Crippen molar-refractivity contribution in [3.05, 3.63) is 59.4 Å². The van der Waals surface area contributed by atoms with Gasteiger partial charge in [0.15, 0.2) is 0 Å². The van der Waals surface area contributed by atoms with Gasteiger partial charge in [0.25, 0.3) is 5.91 Å². The number of hydrogen-bond donors (Lipinski definition) is 0. The van der Waals surface area contributed by atoms with Gasteiger partial charge in [-0.1, -0.05) is 12.1 Å². The standard InChI is InChI=1S/C18H19FN2O3S/c1-20(2)25(23,24)15-10-8-14(9-11-15)18(22)21-12-4-6-13-5-3-7-16(19)17(13)21/h3,5,7-11H,4,6,12H2,1-2H3. The van der Waals surface area contributed by atoms with Crippen LogP contribution in [-0.4, -0.2) is 39.3 Å². The summed E-state index contributed by atoms with van der Waals surface area (Å²) in [7, 11) is -0.659. The Bertz CT molecular complexity index is 908. The van der Waals surface area contributed by atoms with Gasteiger partial charge in [-0.25, -0.2) is 17.1 Å². The number of rotatable bonds is 3. The number of nitrogens with zero attached hydrogens (tertiary/aromatic N) is 2. The van der Waals surface area contributed by atoms with Crippen molar-refractivity contribution in [2.24, 2.45) is 0 Å². The topological polar surface area (TPSA) is 57.7 Å². The SMILES string of the molecule is CN(C)S(=O)(=O)c1ccc(C(=O)N2CCCc3cccc(F)c32)cc1. The predicted octanol–water partition coefficient (Wildman–Crippen LogP) is 2.67. The Kier molecular flexibility index (Phi) is 4.62. The molecule has 5 nitrogen and oxygen atoms in total. The van der Waals surface area contributed by atoms with E-state index in [-0.39, 0.29) is 10.8 Å². The summed E-state index contributed by atoms with van der Waals surface area (Å²) in [5, 5.41) is 0. The van der Waals surface area contributed by atoms with E-state index in [1.54, 1.807) is 6.07 Å². The van der Waals surface area contributed by atoms with Crippen molar-refractivity contribution >= 4 is 21.6 Å². The van der Waals surface area contributed by atoms with Crippen molar-refractivity contribution < 1.29 is 17.6 Å². The first-order valence-corrected chi connectivity index (χ1v) is 9.38. The summed E-state index contributed by atoms with van der Waals surface area (Å²) in [6.45, 7) is 0.435. The molecule has 0 aromatic heterocycles. The Morgan fingerprint density at radius 3 is 2.44 bits per heavy atom. The predicted molar refractivity (Wildman–Crippen MR) is 93.7 cm³/mol. The quantitative estimate of drug-likeness (QED) is 0.843. The lowest BCUT2D eigenvalue weighted by atomic mass is 10.0. The number of fused-ring (bicyclic) bond motifs is 1. The van der Waals surface area contributed by atoms with Gasteiger partial charge in [-0.05, 0) is 48.7 Å². The van der Waals surface area contributed by atoms with Crippen molar-refractivity contribution in [2.45, 2.75) is 17.7 Å². The van der Waals surface area contributed by atoms with Gasteiger partial charge in [-0.15, -0.1) is 0 Å². The first-order chi connectivity index (χ1) is 11.8. The number of benzene rings is 2. The summed E-state index contributed by atoms with van der Waals surface area (Å²) in [5.74, 6) is -0.753. The summed E-state index contributed by atoms with van der Waals surface area (Å²) in [5.41, 5.74) is 1.46. The van der Waals surface area contributed by atoms with Crippen molar-refractivity contribution in [2.75, 3.05) is 25.5 Å². The second-order valence-corrected chi connectivity index (χ2v) is 8.27. The molecule has 3 rings (SSSR count). The van der Waals surface area contributed by atoms with Gasteiger partial charge in [0.2, 0.25) is 10.0 Å². The van der Waals surface area contributed by atoms with Gasteiger partial charge >= 0.3 is 0 Å². The van der Waals surface area contributed by atoms with Crippen LogP contribution in [-0.2, 0) is 16.4 Å². The molecule has 0 aliphatic carbocycles. The maximum absolute atomic E-state index is 14.2. The third-order valence-corrected chi connectivity index (χ3v) is 6.12. The molecular weight excluding hydrogens is 343 g/mol. The van der Waals surface area contributed by atoms with Gasteiger partial charge < -0.3 is 4.90 Å². The molecule has 1 amide bonds. The first-order valence-electron chi connectivity index (χ1n) is 7.94. The molecule has 132 valence electrons. The van der Waals surface area contributed by atoms with E-state index in [9.17, 15) is 17.6 Å². The number of hydrogen-bond acceptors (Lipinski definition) is 3. The Hall–Kier alpha value is -2.25. The van der Waals surface area contributed by atoms with Crippen LogP contribution in [0.1, 0.15) is 22.3 Å². The van der Waals surface area contributed by atoms with Crippen LogP contribution in [0.3, 0.4) is 0 Å². The Morgan fingerprint density at radius 2 is 1.80 bits per heavy atom. The Balaban J connectivity index is 1.93. The molecule has 0 N–H and O–H groups in total. The molecule has 0 unspecified atom stereocenters. The molecular formula is C18H19FN2O3S. The van der Waals surface area contributed by atoms with Gasteiger partial charge in [-0.3, -0.25) is 4.79 Å². The van der Waals surface area contributed by atoms with Crippen LogP contribution in [0, 0.1) is 5.82 Å². The smallest absolute Gasteiger partial charge is 0.258 e. The first kappa shape index (κ1) is 17.6. The summed E-state index contributed by atoms with van der Waals surface area (Å²) >= 11 is 0. The maximum Gasteiger partial charge on any atom is 0.258 e. The van der Waals surface area contributed by atoms with Crippen LogP contribution < -0.4 is 4.90 Å². The minimum Gasteiger partial charge on any atom is -0.305 e. The van der Waals surface area contributed by atoms with E-state index in [4.69, 9.17) is 0 Å². The molecule has 0 fully saturated rings. The number of halogens is 1. The lowest BCUT2D eigenvalue weighted by Gasteiger charge is -2.30. The molecule has 0 atom stereocenters. The second-order valence-electron chi connectivity index (χ2n) is 6.12. The van der Waals surface area contributed by atoms with E-state index >= 15 is 0 Å². The zero-order chi connectivity index (χ0) is 18.2. The van der Waals surface area contributed by atoms with Crippen molar-refractivity contribution in [1.29, 1.82) is 0 Å². The summed E-state index contributed by atoms with van der Waals surface area (Å²) in [6, 6.07) is 10.5. The number of aryl methyl sites for hydroxylation is 1. The number of sulfonamides is 1. The number of carbonyl (C=O) groups is 1. The highest BCUT2D eigenvalue weighted by Crippen LogP contribution is 2.31. The normalized spacial score (nSPS) is 14.5. The number of carbonyl (C=O) groups excluding carboxylic acids is 1. The molecule has 7 heteroatoms. The second kappa shape index (κ2) is 6.57. The lowest BCUT2D eigenvalue weighted by Crippen LogP contribution is -2.36. The number of para-hydroxylation sites is 1. The van der Waals surface area contributed by atoms with Gasteiger partial charge in [-0.2, -0.15) is 0 Å². The van der Waals surface area contributed by atoms with Crippen LogP contribution in [0.25, 0.3) is 0 Å².